The van der Waals surface area contributed by atoms with Crippen LogP contribution in [0.3, 0.4) is 0 Å². The smallest absolute Gasteiger partial charge is 0.198 e. The molecule has 6 atom stereocenters. The van der Waals surface area contributed by atoms with Crippen LogP contribution in [-0.4, -0.2) is 74.4 Å². The maximum atomic E-state index is 13.6. The van der Waals surface area contributed by atoms with Crippen LogP contribution in [0.15, 0.2) is 18.2 Å². The highest BCUT2D eigenvalue weighted by atomic mass is 16.7. The zero-order chi connectivity index (χ0) is 26.8. The number of nitrogens with two attached hydrogens (primary N) is 1. The molecule has 38 heavy (non-hydrogen) atoms. The van der Waals surface area contributed by atoms with Crippen LogP contribution in [0.5, 0.6) is 11.5 Å². The zero-order valence-corrected chi connectivity index (χ0v) is 20.9. The fourth-order valence-corrected chi connectivity index (χ4v) is 5.77. The van der Waals surface area contributed by atoms with Crippen LogP contribution >= 0.6 is 0 Å². The molecule has 0 bridgehead atoms. The minimum Gasteiger partial charge on any atom is -0.507 e. The van der Waals surface area contributed by atoms with Gasteiger partial charge in [0.25, 0.3) is 0 Å². The van der Waals surface area contributed by atoms with Crippen molar-refractivity contribution in [3.63, 3.8) is 0 Å². The predicted octanol–water partition coefficient (Wildman–Crippen LogP) is 0.362. The number of fused-ring (bicyclic) bond motifs is 3. The van der Waals surface area contributed by atoms with E-state index in [9.17, 15) is 34.8 Å². The lowest BCUT2D eigenvalue weighted by molar-refractivity contribution is -0.243. The van der Waals surface area contributed by atoms with Gasteiger partial charge in [-0.25, -0.2) is 0 Å². The monoisotopic (exact) mass is 529 g/mol. The highest BCUT2D eigenvalue weighted by Gasteiger charge is 2.44. The van der Waals surface area contributed by atoms with Crippen molar-refractivity contribution in [1.82, 2.24) is 0 Å². The molecule has 0 saturated carbocycles. The molecule has 1 aliphatic heterocycles. The van der Waals surface area contributed by atoms with Gasteiger partial charge in [-0.15, -0.1) is 0 Å². The molecule has 0 radical (unpaired) electrons. The number of ether oxygens (including phenoxy) is 2. The molecule has 8 N–H and O–H groups in total. The number of ketones is 3. The Hall–Kier alpha value is -3.19. The lowest BCUT2D eigenvalue weighted by atomic mass is 9.73. The van der Waals surface area contributed by atoms with Gasteiger partial charge >= 0.3 is 0 Å². The van der Waals surface area contributed by atoms with Crippen molar-refractivity contribution in [2.75, 3.05) is 6.61 Å². The number of Topliss-reactive ketones (excluding diaryl/α,β-unsaturated/α-hetero) is 1. The molecule has 2 aromatic rings. The van der Waals surface area contributed by atoms with Gasteiger partial charge in [0, 0.05) is 40.6 Å². The Labute approximate surface area is 218 Å². The molecule has 0 aromatic heterocycles. The van der Waals surface area contributed by atoms with E-state index in [2.05, 4.69) is 0 Å². The van der Waals surface area contributed by atoms with E-state index in [0.717, 1.165) is 0 Å². The molecule has 3 aliphatic rings. The Bertz CT molecular complexity index is 1310. The van der Waals surface area contributed by atoms with Gasteiger partial charge in [0.1, 0.15) is 18.1 Å². The lowest BCUT2D eigenvalue weighted by Gasteiger charge is -2.40. The van der Waals surface area contributed by atoms with Crippen LogP contribution in [-0.2, 0) is 20.7 Å². The summed E-state index contributed by atoms with van der Waals surface area (Å²) in [6.07, 6.45) is -3.40. The molecule has 11 heteroatoms. The van der Waals surface area contributed by atoms with Gasteiger partial charge < -0.3 is 41.1 Å². The summed E-state index contributed by atoms with van der Waals surface area (Å²) >= 11 is 0. The second-order valence-electron chi connectivity index (χ2n) is 10.0. The van der Waals surface area contributed by atoms with Crippen molar-refractivity contribution >= 4 is 17.3 Å². The fourth-order valence-electron chi connectivity index (χ4n) is 5.77. The second-order valence-corrected chi connectivity index (χ2v) is 10.0. The third-order valence-electron chi connectivity index (χ3n) is 7.74. The number of hydrogen-bond donors (Lipinski definition) is 5. The Morgan fingerprint density at radius 3 is 2.45 bits per heavy atom. The summed E-state index contributed by atoms with van der Waals surface area (Å²) in [7, 11) is 0. The number of aliphatic hydroxyl groups is 2. The van der Waals surface area contributed by atoms with Crippen LogP contribution in [0.25, 0.3) is 0 Å². The van der Waals surface area contributed by atoms with Crippen molar-refractivity contribution in [1.29, 1.82) is 0 Å². The van der Waals surface area contributed by atoms with Gasteiger partial charge in [0.05, 0.1) is 29.4 Å². The summed E-state index contributed by atoms with van der Waals surface area (Å²) in [4.78, 5) is 39.5. The number of phenolic OH excluding ortho intramolecular Hbond substituents is 2. The summed E-state index contributed by atoms with van der Waals surface area (Å²) in [5.74, 6) is -3.48. The largest absolute Gasteiger partial charge is 0.507 e. The third kappa shape index (κ3) is 4.21. The molecule has 1 saturated heterocycles. The average molecular weight is 530 g/mol. The number of rotatable bonds is 4. The number of carbonyl (C=O) groups excluding carboxylic acids is 3. The van der Waals surface area contributed by atoms with E-state index >= 15 is 0 Å². The van der Waals surface area contributed by atoms with Crippen LogP contribution in [0.4, 0.5) is 0 Å². The number of carbonyl (C=O) groups is 3. The Kier molecular flexibility index (Phi) is 7.45. The number of phenols is 2. The van der Waals surface area contributed by atoms with E-state index in [-0.39, 0.29) is 58.1 Å². The molecular formula is C27H31NO10. The molecule has 5 unspecified atom stereocenters. The molecule has 1 fully saturated rings. The molecular weight excluding hydrogens is 498 g/mol. The van der Waals surface area contributed by atoms with Gasteiger partial charge in [0.15, 0.2) is 23.6 Å². The third-order valence-corrected chi connectivity index (χ3v) is 7.74. The highest BCUT2D eigenvalue weighted by Crippen LogP contribution is 2.51. The van der Waals surface area contributed by atoms with E-state index in [1.165, 1.54) is 6.07 Å². The van der Waals surface area contributed by atoms with Crippen LogP contribution in [0.2, 0.25) is 0 Å². The Balaban J connectivity index is 0.00000336. The van der Waals surface area contributed by atoms with Crippen molar-refractivity contribution in [3.8, 4) is 11.5 Å². The minimum absolute atomic E-state index is 0. The quantitative estimate of drug-likeness (QED) is 0.293. The minimum atomic E-state index is -1.03. The second kappa shape index (κ2) is 10.2. The average Bonchev–Trinajstić information content (AvgIpc) is 2.86. The number of aromatic hydroxyl groups is 2. The topological polar surface area (TPSA) is 208 Å². The normalized spacial score (nSPS) is 28.1. The van der Waals surface area contributed by atoms with Crippen molar-refractivity contribution < 1.29 is 49.8 Å². The molecule has 2 aliphatic carbocycles. The van der Waals surface area contributed by atoms with Crippen molar-refractivity contribution in [2.45, 2.75) is 63.8 Å². The highest BCUT2D eigenvalue weighted by molar-refractivity contribution is 6.31. The fraction of sp³-hybridized carbons (Fsp3) is 0.444. The summed E-state index contributed by atoms with van der Waals surface area (Å²) in [6.45, 7) is 2.58. The van der Waals surface area contributed by atoms with Crippen LogP contribution in [0.1, 0.15) is 74.4 Å². The summed E-state index contributed by atoms with van der Waals surface area (Å²) in [6, 6.07) is 4.16. The first-order valence-corrected chi connectivity index (χ1v) is 12.2. The standard InChI is InChI=1S/C27H29NO9.H2O/c1-10-4-3-5-13-19(10)26(34)22-21(24(13)32)25(33)14-6-12(16(30)9-29)7-17(20(14)27(22)35)37-18-8-15(28)23(31)11(2)36-18;/h3-5,11-12,15,17-18,23,29,31,33,35H,6-9,28H2,1-2H3;1H2/t11?,12?,15?,17-,18?,23?;/m0./s1. The number of benzene rings is 2. The van der Waals surface area contributed by atoms with E-state index in [1.807, 2.05) is 0 Å². The molecule has 11 nitrogen and oxygen atoms in total. The maximum absolute atomic E-state index is 13.6. The predicted molar refractivity (Wildman–Crippen MR) is 132 cm³/mol. The molecule has 2 aromatic carbocycles. The number of hydrogen-bond acceptors (Lipinski definition) is 10. The lowest BCUT2D eigenvalue weighted by Crippen LogP contribution is -2.52. The van der Waals surface area contributed by atoms with E-state index < -0.39 is 72.0 Å². The van der Waals surface area contributed by atoms with E-state index in [0.29, 0.717) is 5.56 Å². The Morgan fingerprint density at radius 1 is 1.11 bits per heavy atom. The maximum Gasteiger partial charge on any atom is 0.198 e. The molecule has 5 rings (SSSR count). The van der Waals surface area contributed by atoms with Crippen molar-refractivity contribution in [2.24, 2.45) is 11.7 Å². The van der Waals surface area contributed by atoms with Crippen molar-refractivity contribution in [3.05, 3.63) is 57.1 Å². The van der Waals surface area contributed by atoms with Gasteiger partial charge in [0.2, 0.25) is 0 Å². The van der Waals surface area contributed by atoms with E-state index in [1.54, 1.807) is 26.0 Å². The molecule has 0 amide bonds. The first-order valence-electron chi connectivity index (χ1n) is 12.2. The van der Waals surface area contributed by atoms with Crippen LogP contribution in [0, 0.1) is 12.8 Å². The summed E-state index contributed by atoms with van der Waals surface area (Å²) in [5.41, 5.74) is 6.42. The SMILES string of the molecule is Cc1cccc2c1C(=O)c1c(O)c3c(c(O)c1C2=O)CC(C(=O)CO)C[C@@H]3OC1CC(N)C(O)C(C)O1.O. The van der Waals surface area contributed by atoms with Crippen LogP contribution < -0.4 is 5.73 Å². The zero-order valence-electron chi connectivity index (χ0n) is 20.9. The van der Waals surface area contributed by atoms with Gasteiger partial charge in [-0.2, -0.15) is 0 Å². The summed E-state index contributed by atoms with van der Waals surface area (Å²) < 4.78 is 11.9. The summed E-state index contributed by atoms with van der Waals surface area (Å²) in [5, 5.41) is 42.4. The van der Waals surface area contributed by atoms with Gasteiger partial charge in [-0.3, -0.25) is 14.4 Å². The Morgan fingerprint density at radius 2 is 1.79 bits per heavy atom. The molecule has 0 spiro atoms. The number of aryl methyl sites for hydroxylation is 1. The van der Waals surface area contributed by atoms with Gasteiger partial charge in [-0.1, -0.05) is 18.2 Å². The molecule has 1 heterocycles. The first kappa shape index (κ1) is 27.8. The molecule has 204 valence electrons. The number of aliphatic hydroxyl groups excluding tert-OH is 2. The van der Waals surface area contributed by atoms with Gasteiger partial charge in [-0.05, 0) is 32.3 Å². The van der Waals surface area contributed by atoms with E-state index in [4.69, 9.17) is 15.2 Å². The first-order chi connectivity index (χ1) is 17.5.